The summed E-state index contributed by atoms with van der Waals surface area (Å²) in [5, 5.41) is 1.89. The third kappa shape index (κ3) is 2.48. The lowest BCUT2D eigenvalue weighted by molar-refractivity contribution is 0.210. The number of hydrogen-bond acceptors (Lipinski definition) is 4. The van der Waals surface area contributed by atoms with Gasteiger partial charge in [0.05, 0.1) is 6.04 Å². The number of thioether (sulfide) groups is 1. The molecule has 1 aliphatic rings. The quantitative estimate of drug-likeness (QED) is 0.943. The van der Waals surface area contributed by atoms with Crippen LogP contribution in [0.25, 0.3) is 11.0 Å². The Morgan fingerprint density at radius 3 is 3.00 bits per heavy atom. The van der Waals surface area contributed by atoms with Crippen LogP contribution in [-0.4, -0.2) is 35.5 Å². The topological polar surface area (TPSA) is 42.4 Å². The number of rotatable bonds is 3. The van der Waals surface area contributed by atoms with Crippen molar-refractivity contribution in [3.05, 3.63) is 35.6 Å². The Bertz CT molecular complexity index is 595. The molecular weight excluding hydrogens is 268 g/mol. The highest BCUT2D eigenvalue weighted by Crippen LogP contribution is 2.35. The smallest absolute Gasteiger partial charge is 0.134 e. The van der Waals surface area contributed by atoms with Gasteiger partial charge in [-0.25, -0.2) is 0 Å². The summed E-state index contributed by atoms with van der Waals surface area (Å²) in [6, 6.07) is 8.54. The van der Waals surface area contributed by atoms with Crippen LogP contribution in [0, 0.1) is 6.92 Å². The molecule has 2 heterocycles. The molecule has 108 valence electrons. The molecule has 0 bridgehead atoms. The van der Waals surface area contributed by atoms with Crippen molar-refractivity contribution in [2.24, 2.45) is 5.73 Å². The molecular formula is C16H22N2OS. The zero-order valence-electron chi connectivity index (χ0n) is 12.1. The van der Waals surface area contributed by atoms with Gasteiger partial charge in [0.1, 0.15) is 11.3 Å². The first-order valence-electron chi connectivity index (χ1n) is 7.24. The molecule has 0 aliphatic carbocycles. The molecule has 4 heteroatoms. The Kier molecular flexibility index (Phi) is 4.06. The largest absolute Gasteiger partial charge is 0.461 e. The molecule has 2 N–H and O–H groups in total. The van der Waals surface area contributed by atoms with Crippen LogP contribution in [0.5, 0.6) is 0 Å². The number of benzene rings is 1. The predicted octanol–water partition coefficient (Wildman–Crippen LogP) is 3.18. The minimum Gasteiger partial charge on any atom is -0.461 e. The molecule has 2 unspecified atom stereocenters. The van der Waals surface area contributed by atoms with Crippen LogP contribution in [0.4, 0.5) is 0 Å². The monoisotopic (exact) mass is 290 g/mol. The summed E-state index contributed by atoms with van der Waals surface area (Å²) in [5.41, 5.74) is 8.36. The summed E-state index contributed by atoms with van der Waals surface area (Å²) in [7, 11) is 0. The van der Waals surface area contributed by atoms with E-state index >= 15 is 0 Å². The minimum absolute atomic E-state index is 0.266. The van der Waals surface area contributed by atoms with Crippen molar-refractivity contribution in [2.75, 3.05) is 25.4 Å². The summed E-state index contributed by atoms with van der Waals surface area (Å²) in [4.78, 5) is 2.52. The van der Waals surface area contributed by atoms with E-state index in [0.29, 0.717) is 11.8 Å². The molecule has 20 heavy (non-hydrogen) atoms. The van der Waals surface area contributed by atoms with E-state index in [1.54, 1.807) is 0 Å². The third-order valence-corrected chi connectivity index (χ3v) is 5.23. The van der Waals surface area contributed by atoms with Crippen LogP contribution < -0.4 is 5.73 Å². The van der Waals surface area contributed by atoms with Crippen molar-refractivity contribution in [1.29, 1.82) is 0 Å². The molecule has 0 spiro atoms. The number of hydrogen-bond donors (Lipinski definition) is 1. The van der Waals surface area contributed by atoms with Gasteiger partial charge < -0.3 is 10.2 Å². The Hall–Kier alpha value is -0.970. The van der Waals surface area contributed by atoms with E-state index in [4.69, 9.17) is 10.2 Å². The zero-order chi connectivity index (χ0) is 14.1. The predicted molar refractivity (Wildman–Crippen MR) is 86.2 cm³/mol. The summed E-state index contributed by atoms with van der Waals surface area (Å²) in [5.74, 6) is 2.19. The fourth-order valence-electron chi connectivity index (χ4n) is 3.18. The van der Waals surface area contributed by atoms with Crippen molar-refractivity contribution in [1.82, 2.24) is 4.90 Å². The van der Waals surface area contributed by atoms with Crippen LogP contribution in [-0.2, 0) is 0 Å². The standard InChI is InChI=1S/C16H22N2OS/c1-11-10-18(7-8-20-11)14(9-17)16-12(2)19-15-6-4-3-5-13(15)16/h3-6,11,14H,7-10,17H2,1-2H3. The fourth-order valence-corrected chi connectivity index (χ4v) is 4.22. The Morgan fingerprint density at radius 2 is 2.25 bits per heavy atom. The van der Waals surface area contributed by atoms with Crippen LogP contribution in [0.15, 0.2) is 28.7 Å². The second-order valence-corrected chi connectivity index (χ2v) is 7.04. The van der Waals surface area contributed by atoms with Crippen LogP contribution in [0.2, 0.25) is 0 Å². The molecule has 1 fully saturated rings. The average Bonchev–Trinajstić information content (AvgIpc) is 2.77. The van der Waals surface area contributed by atoms with Gasteiger partial charge in [-0.1, -0.05) is 25.1 Å². The number of fused-ring (bicyclic) bond motifs is 1. The van der Waals surface area contributed by atoms with Crippen molar-refractivity contribution < 1.29 is 4.42 Å². The van der Waals surface area contributed by atoms with Crippen molar-refractivity contribution in [3.63, 3.8) is 0 Å². The highest BCUT2D eigenvalue weighted by molar-refractivity contribution is 7.99. The summed E-state index contributed by atoms with van der Waals surface area (Å²) >= 11 is 2.05. The Morgan fingerprint density at radius 1 is 1.45 bits per heavy atom. The average molecular weight is 290 g/mol. The molecule has 3 nitrogen and oxygen atoms in total. The first-order valence-corrected chi connectivity index (χ1v) is 8.29. The maximum absolute atomic E-state index is 6.11. The van der Waals surface area contributed by atoms with E-state index in [2.05, 4.69) is 30.9 Å². The molecule has 1 aromatic carbocycles. The van der Waals surface area contributed by atoms with Gasteiger partial charge in [-0.15, -0.1) is 0 Å². The molecule has 0 radical (unpaired) electrons. The zero-order valence-corrected chi connectivity index (χ0v) is 13.0. The lowest BCUT2D eigenvalue weighted by atomic mass is 10.0. The van der Waals surface area contributed by atoms with Gasteiger partial charge in [-0.2, -0.15) is 11.8 Å². The van der Waals surface area contributed by atoms with Gasteiger partial charge in [0.25, 0.3) is 0 Å². The molecule has 0 amide bonds. The third-order valence-electron chi connectivity index (χ3n) is 4.09. The summed E-state index contributed by atoms with van der Waals surface area (Å²) in [6.07, 6.45) is 0. The SMILES string of the molecule is Cc1oc2ccccc2c1C(CN)N1CCSC(C)C1. The highest BCUT2D eigenvalue weighted by Gasteiger charge is 2.28. The van der Waals surface area contributed by atoms with Crippen LogP contribution >= 0.6 is 11.8 Å². The number of nitrogens with zero attached hydrogens (tertiary/aromatic N) is 1. The molecule has 2 aromatic rings. The molecule has 2 atom stereocenters. The Balaban J connectivity index is 2.00. The second kappa shape index (κ2) is 5.80. The number of aryl methyl sites for hydroxylation is 1. The normalized spacial score (nSPS) is 22.2. The van der Waals surface area contributed by atoms with E-state index in [1.807, 2.05) is 23.9 Å². The molecule has 1 saturated heterocycles. The van der Waals surface area contributed by atoms with Gasteiger partial charge in [0, 0.05) is 41.6 Å². The number of nitrogens with two attached hydrogens (primary N) is 1. The van der Waals surface area contributed by atoms with Gasteiger partial charge in [0.15, 0.2) is 0 Å². The van der Waals surface area contributed by atoms with E-state index < -0.39 is 0 Å². The lowest BCUT2D eigenvalue weighted by Gasteiger charge is -2.36. The summed E-state index contributed by atoms with van der Waals surface area (Å²) < 4.78 is 5.91. The van der Waals surface area contributed by atoms with Gasteiger partial charge in [0.2, 0.25) is 0 Å². The second-order valence-electron chi connectivity index (χ2n) is 5.50. The molecule has 1 aliphatic heterocycles. The number of para-hydroxylation sites is 1. The molecule has 1 aromatic heterocycles. The highest BCUT2D eigenvalue weighted by atomic mass is 32.2. The maximum Gasteiger partial charge on any atom is 0.134 e. The van der Waals surface area contributed by atoms with E-state index in [-0.39, 0.29) is 6.04 Å². The first-order chi connectivity index (χ1) is 9.70. The van der Waals surface area contributed by atoms with Crippen molar-refractivity contribution in [3.8, 4) is 0 Å². The van der Waals surface area contributed by atoms with Gasteiger partial charge in [-0.05, 0) is 13.0 Å². The van der Waals surface area contributed by atoms with E-state index in [0.717, 1.165) is 24.4 Å². The molecule has 3 rings (SSSR count). The van der Waals surface area contributed by atoms with Gasteiger partial charge >= 0.3 is 0 Å². The lowest BCUT2D eigenvalue weighted by Crippen LogP contribution is -2.42. The van der Waals surface area contributed by atoms with E-state index in [9.17, 15) is 0 Å². The first kappa shape index (κ1) is 14.0. The van der Waals surface area contributed by atoms with E-state index in [1.165, 1.54) is 16.7 Å². The summed E-state index contributed by atoms with van der Waals surface area (Å²) in [6.45, 7) is 7.20. The van der Waals surface area contributed by atoms with Crippen molar-refractivity contribution in [2.45, 2.75) is 25.1 Å². The van der Waals surface area contributed by atoms with Crippen LogP contribution in [0.1, 0.15) is 24.3 Å². The Labute approximate surface area is 124 Å². The van der Waals surface area contributed by atoms with Gasteiger partial charge in [-0.3, -0.25) is 4.90 Å². The minimum atomic E-state index is 0.266. The van der Waals surface area contributed by atoms with Crippen molar-refractivity contribution >= 4 is 22.7 Å². The molecule has 0 saturated carbocycles. The maximum atomic E-state index is 6.11. The fraction of sp³-hybridized carbons (Fsp3) is 0.500. The number of furan rings is 1. The van der Waals surface area contributed by atoms with Crippen LogP contribution in [0.3, 0.4) is 0 Å².